The van der Waals surface area contributed by atoms with Gasteiger partial charge in [0.05, 0.1) is 6.61 Å². The first-order valence-corrected chi connectivity index (χ1v) is 7.02. The molecule has 1 aliphatic carbocycles. The predicted octanol–water partition coefficient (Wildman–Crippen LogP) is 1.32. The van der Waals surface area contributed by atoms with Crippen molar-refractivity contribution in [3.05, 3.63) is 5.69 Å². The van der Waals surface area contributed by atoms with Crippen LogP contribution in [0.15, 0.2) is 0 Å². The van der Waals surface area contributed by atoms with Crippen LogP contribution in [0.2, 0.25) is 0 Å². The number of nitrogens with one attached hydrogen (secondary N) is 1. The molecule has 0 amide bonds. The first kappa shape index (κ1) is 12.7. The van der Waals surface area contributed by atoms with Crippen molar-refractivity contribution in [2.75, 3.05) is 25.0 Å². The van der Waals surface area contributed by atoms with Crippen molar-refractivity contribution in [2.24, 2.45) is 0 Å². The first-order valence-electron chi connectivity index (χ1n) is 6.25. The molecule has 1 heterocycles. The predicted molar refractivity (Wildman–Crippen MR) is 69.2 cm³/mol. The molecular weight excluding hydrogens is 236 g/mol. The summed E-state index contributed by atoms with van der Waals surface area (Å²) in [5, 5.41) is 17.7. The molecular formula is C11H20N4OS. The van der Waals surface area contributed by atoms with Crippen molar-refractivity contribution in [3.63, 3.8) is 0 Å². The van der Waals surface area contributed by atoms with E-state index in [0.717, 1.165) is 36.8 Å². The van der Waals surface area contributed by atoms with Crippen LogP contribution in [0.1, 0.15) is 31.9 Å². The second-order valence-corrected chi connectivity index (χ2v) is 5.15. The Hall–Kier alpha value is -0.720. The Kier molecular flexibility index (Phi) is 4.70. The summed E-state index contributed by atoms with van der Waals surface area (Å²) < 4.78 is 4.01. The van der Waals surface area contributed by atoms with Crippen molar-refractivity contribution >= 4 is 16.5 Å². The molecule has 1 aromatic rings. The van der Waals surface area contributed by atoms with E-state index < -0.39 is 0 Å². The van der Waals surface area contributed by atoms with Crippen LogP contribution in [0.3, 0.4) is 0 Å². The topological polar surface area (TPSA) is 61.3 Å². The van der Waals surface area contributed by atoms with Gasteiger partial charge in [-0.3, -0.25) is 4.90 Å². The molecule has 0 saturated heterocycles. The number of aliphatic hydroxyl groups excluding tert-OH is 1. The highest BCUT2D eigenvalue weighted by Gasteiger charge is 2.29. The molecule has 0 radical (unpaired) electrons. The van der Waals surface area contributed by atoms with Crippen molar-refractivity contribution in [1.29, 1.82) is 0 Å². The minimum atomic E-state index is 0.214. The minimum Gasteiger partial charge on any atom is -0.395 e. The summed E-state index contributed by atoms with van der Waals surface area (Å²) in [6.45, 7) is 4.85. The lowest BCUT2D eigenvalue weighted by molar-refractivity contribution is 0.182. The molecule has 0 atom stereocenters. The zero-order valence-corrected chi connectivity index (χ0v) is 11.0. The van der Waals surface area contributed by atoms with E-state index in [1.54, 1.807) is 0 Å². The summed E-state index contributed by atoms with van der Waals surface area (Å²) in [4.78, 5) is 2.30. The van der Waals surface area contributed by atoms with E-state index in [1.807, 2.05) is 0 Å². The third kappa shape index (κ3) is 3.62. The average molecular weight is 256 g/mol. The van der Waals surface area contributed by atoms with E-state index in [0.29, 0.717) is 6.04 Å². The van der Waals surface area contributed by atoms with Crippen LogP contribution in [-0.2, 0) is 6.54 Å². The fourth-order valence-electron chi connectivity index (χ4n) is 1.84. The van der Waals surface area contributed by atoms with E-state index in [4.69, 9.17) is 5.11 Å². The van der Waals surface area contributed by atoms with Crippen molar-refractivity contribution in [1.82, 2.24) is 14.5 Å². The van der Waals surface area contributed by atoms with Crippen LogP contribution in [-0.4, -0.2) is 45.3 Å². The fourth-order valence-corrected chi connectivity index (χ4v) is 2.43. The maximum absolute atomic E-state index is 9.06. The van der Waals surface area contributed by atoms with Gasteiger partial charge in [-0.25, -0.2) is 0 Å². The molecule has 0 aromatic carbocycles. The second kappa shape index (κ2) is 6.28. The minimum absolute atomic E-state index is 0.214. The van der Waals surface area contributed by atoms with Crippen LogP contribution in [0.5, 0.6) is 0 Å². The molecule has 1 aromatic heterocycles. The lowest BCUT2D eigenvalue weighted by Gasteiger charge is -2.19. The maximum Gasteiger partial charge on any atom is 0.134 e. The quantitative estimate of drug-likeness (QED) is 0.734. The van der Waals surface area contributed by atoms with Crippen molar-refractivity contribution in [2.45, 2.75) is 38.8 Å². The number of hydrogen-bond donors (Lipinski definition) is 2. The zero-order chi connectivity index (χ0) is 12.1. The van der Waals surface area contributed by atoms with Crippen molar-refractivity contribution < 1.29 is 5.11 Å². The van der Waals surface area contributed by atoms with E-state index in [1.165, 1.54) is 24.4 Å². The maximum atomic E-state index is 9.06. The summed E-state index contributed by atoms with van der Waals surface area (Å²) in [5.74, 6) is 0. The lowest BCUT2D eigenvalue weighted by Crippen LogP contribution is -2.29. The normalized spacial score (nSPS) is 15.5. The summed E-state index contributed by atoms with van der Waals surface area (Å²) in [5.41, 5.74) is 1.02. The lowest BCUT2D eigenvalue weighted by atomic mass is 10.3. The van der Waals surface area contributed by atoms with E-state index in [-0.39, 0.29) is 6.61 Å². The molecule has 2 N–H and O–H groups in total. The van der Waals surface area contributed by atoms with Gasteiger partial charge in [0, 0.05) is 37.2 Å². The fraction of sp³-hybridized carbons (Fsp3) is 0.818. The van der Waals surface area contributed by atoms with Gasteiger partial charge in [0.15, 0.2) is 0 Å². The van der Waals surface area contributed by atoms with E-state index in [9.17, 15) is 0 Å². The Morgan fingerprint density at radius 1 is 1.53 bits per heavy atom. The third-order valence-electron chi connectivity index (χ3n) is 2.89. The van der Waals surface area contributed by atoms with Gasteiger partial charge in [-0.1, -0.05) is 11.4 Å². The number of aliphatic hydroxyl groups is 1. The smallest absolute Gasteiger partial charge is 0.134 e. The largest absolute Gasteiger partial charge is 0.395 e. The molecule has 1 fully saturated rings. The highest BCUT2D eigenvalue weighted by atomic mass is 32.1. The Bertz CT molecular complexity index is 340. The summed E-state index contributed by atoms with van der Waals surface area (Å²) in [6, 6.07) is 0.642. The van der Waals surface area contributed by atoms with Gasteiger partial charge in [0.1, 0.15) is 10.7 Å². The van der Waals surface area contributed by atoms with Gasteiger partial charge in [-0.2, -0.15) is 0 Å². The highest BCUT2D eigenvalue weighted by molar-refractivity contribution is 7.10. The number of rotatable bonds is 8. The van der Waals surface area contributed by atoms with Gasteiger partial charge in [-0.15, -0.1) is 5.10 Å². The summed E-state index contributed by atoms with van der Waals surface area (Å²) >= 11 is 1.42. The average Bonchev–Trinajstić information content (AvgIpc) is 3.08. The molecule has 2 rings (SSSR count). The molecule has 96 valence electrons. The number of aromatic nitrogens is 2. The molecule has 0 bridgehead atoms. The number of anilines is 1. The Morgan fingerprint density at radius 2 is 2.35 bits per heavy atom. The molecule has 0 aliphatic heterocycles. The van der Waals surface area contributed by atoms with Gasteiger partial charge in [-0.05, 0) is 19.3 Å². The zero-order valence-electron chi connectivity index (χ0n) is 10.2. The molecule has 6 heteroatoms. The second-order valence-electron chi connectivity index (χ2n) is 4.40. The Labute approximate surface area is 106 Å². The number of nitrogens with zero attached hydrogens (tertiary/aromatic N) is 3. The van der Waals surface area contributed by atoms with Crippen molar-refractivity contribution in [3.8, 4) is 0 Å². The SMILES string of the molecule is CCCNc1snnc1CN(CCO)C1CC1. The molecule has 0 spiro atoms. The third-order valence-corrected chi connectivity index (χ3v) is 3.62. The van der Waals surface area contributed by atoms with Gasteiger partial charge in [0.2, 0.25) is 0 Å². The van der Waals surface area contributed by atoms with Gasteiger partial charge < -0.3 is 10.4 Å². The number of hydrogen-bond acceptors (Lipinski definition) is 6. The van der Waals surface area contributed by atoms with Gasteiger partial charge in [0.25, 0.3) is 0 Å². The Balaban J connectivity index is 1.93. The van der Waals surface area contributed by atoms with E-state index >= 15 is 0 Å². The van der Waals surface area contributed by atoms with E-state index in [2.05, 4.69) is 26.7 Å². The standard InChI is InChI=1S/C11H20N4OS/c1-2-5-12-11-10(13-14-17-11)8-15(6-7-16)9-3-4-9/h9,12,16H,2-8H2,1H3. The monoisotopic (exact) mass is 256 g/mol. The molecule has 0 unspecified atom stereocenters. The first-order chi connectivity index (χ1) is 8.35. The van der Waals surface area contributed by atoms with Crippen LogP contribution in [0.25, 0.3) is 0 Å². The van der Waals surface area contributed by atoms with Crippen LogP contribution in [0.4, 0.5) is 5.00 Å². The van der Waals surface area contributed by atoms with Crippen LogP contribution in [0, 0.1) is 0 Å². The summed E-state index contributed by atoms with van der Waals surface area (Å²) in [7, 11) is 0. The van der Waals surface area contributed by atoms with Crippen LogP contribution >= 0.6 is 11.5 Å². The molecule has 17 heavy (non-hydrogen) atoms. The molecule has 5 nitrogen and oxygen atoms in total. The Morgan fingerprint density at radius 3 is 3.00 bits per heavy atom. The summed E-state index contributed by atoms with van der Waals surface area (Å²) in [6.07, 6.45) is 3.59. The van der Waals surface area contributed by atoms with Gasteiger partial charge >= 0.3 is 0 Å². The van der Waals surface area contributed by atoms with Crippen LogP contribution < -0.4 is 5.32 Å². The molecule has 1 aliphatic rings. The highest BCUT2D eigenvalue weighted by Crippen LogP contribution is 2.29. The molecule has 1 saturated carbocycles.